The Morgan fingerprint density at radius 1 is 0.838 bits per heavy atom. The molecule has 0 fully saturated rings. The van der Waals surface area contributed by atoms with Crippen LogP contribution in [0.15, 0.2) is 72.8 Å². The van der Waals surface area contributed by atoms with E-state index in [2.05, 4.69) is 10.6 Å². The summed E-state index contributed by atoms with van der Waals surface area (Å²) in [6, 6.07) is 19.2. The van der Waals surface area contributed by atoms with Gasteiger partial charge in [-0.1, -0.05) is 30.3 Å². The molecule has 1 aliphatic heterocycles. The van der Waals surface area contributed by atoms with Crippen LogP contribution in [0.5, 0.6) is 5.75 Å². The quantitative estimate of drug-likeness (QED) is 0.275. The Labute approximate surface area is 212 Å². The number of rotatable bonds is 8. The van der Waals surface area contributed by atoms with Crippen LogP contribution in [-0.4, -0.2) is 47.8 Å². The van der Waals surface area contributed by atoms with E-state index in [1.807, 2.05) is 0 Å². The first-order chi connectivity index (χ1) is 17.9. The minimum absolute atomic E-state index is 0.0603. The number of fused-ring (bicyclic) bond motifs is 1. The second-order valence-corrected chi connectivity index (χ2v) is 7.94. The Hall–Kier alpha value is -4.99. The number of benzene rings is 3. The van der Waals surface area contributed by atoms with Gasteiger partial charge in [0.05, 0.1) is 17.7 Å². The van der Waals surface area contributed by atoms with E-state index in [4.69, 9.17) is 9.47 Å². The van der Waals surface area contributed by atoms with Gasteiger partial charge < -0.3 is 20.1 Å². The normalized spacial score (nSPS) is 12.1. The second-order valence-electron chi connectivity index (χ2n) is 7.94. The molecule has 0 bridgehead atoms. The standard InChI is InChI=1S/C27H23N3O7/c1-2-36-27(35)37-19-13-11-17(12-14-19)24(32)29-22-10-6-3-7-18(22)15-28-23(31)16-30-25(33)20-8-4-5-9-21(20)26(30)34/h3-14H,2,15-16H2,1H3,(H,28,31)(H,29,32). The van der Waals surface area contributed by atoms with Crippen LogP contribution in [0.2, 0.25) is 0 Å². The van der Waals surface area contributed by atoms with E-state index in [9.17, 15) is 24.0 Å². The van der Waals surface area contributed by atoms with Crippen LogP contribution < -0.4 is 15.4 Å². The van der Waals surface area contributed by atoms with Crippen molar-refractivity contribution in [1.82, 2.24) is 10.2 Å². The molecule has 1 aliphatic rings. The molecule has 2 N–H and O–H groups in total. The predicted molar refractivity (Wildman–Crippen MR) is 132 cm³/mol. The van der Waals surface area contributed by atoms with Crippen LogP contribution in [0.1, 0.15) is 43.6 Å². The highest BCUT2D eigenvalue weighted by molar-refractivity contribution is 6.22. The lowest BCUT2D eigenvalue weighted by Gasteiger charge is -2.15. The summed E-state index contributed by atoms with van der Waals surface area (Å²) in [6.07, 6.45) is -0.835. The third kappa shape index (κ3) is 5.81. The van der Waals surface area contributed by atoms with Crippen molar-refractivity contribution in [2.45, 2.75) is 13.5 Å². The van der Waals surface area contributed by atoms with Gasteiger partial charge in [0.25, 0.3) is 17.7 Å². The van der Waals surface area contributed by atoms with Crippen LogP contribution in [0.25, 0.3) is 0 Å². The third-order valence-electron chi connectivity index (χ3n) is 5.50. The fourth-order valence-corrected chi connectivity index (χ4v) is 3.68. The fourth-order valence-electron chi connectivity index (χ4n) is 3.68. The first-order valence-corrected chi connectivity index (χ1v) is 11.4. The second kappa shape index (κ2) is 11.2. The molecule has 0 atom stereocenters. The molecule has 0 unspecified atom stereocenters. The Morgan fingerprint density at radius 2 is 1.46 bits per heavy atom. The lowest BCUT2D eigenvalue weighted by Crippen LogP contribution is -2.40. The van der Waals surface area contributed by atoms with Crippen molar-refractivity contribution in [3.63, 3.8) is 0 Å². The molecule has 37 heavy (non-hydrogen) atoms. The van der Waals surface area contributed by atoms with Crippen LogP contribution in [0.4, 0.5) is 10.5 Å². The minimum atomic E-state index is -0.835. The molecule has 0 radical (unpaired) electrons. The first kappa shape index (κ1) is 25.1. The summed E-state index contributed by atoms with van der Waals surface area (Å²) < 4.78 is 9.69. The van der Waals surface area contributed by atoms with E-state index >= 15 is 0 Å². The molecule has 0 saturated carbocycles. The van der Waals surface area contributed by atoms with Gasteiger partial charge in [-0.05, 0) is 55.0 Å². The summed E-state index contributed by atoms with van der Waals surface area (Å²) in [5.41, 5.74) is 1.96. The maximum atomic E-state index is 12.7. The number of carbonyl (C=O) groups is 5. The van der Waals surface area contributed by atoms with Gasteiger partial charge in [-0.2, -0.15) is 0 Å². The zero-order valence-electron chi connectivity index (χ0n) is 19.9. The van der Waals surface area contributed by atoms with Gasteiger partial charge in [-0.15, -0.1) is 0 Å². The van der Waals surface area contributed by atoms with Crippen LogP contribution >= 0.6 is 0 Å². The van der Waals surface area contributed by atoms with Gasteiger partial charge in [0.15, 0.2) is 0 Å². The minimum Gasteiger partial charge on any atom is -0.434 e. The zero-order chi connectivity index (χ0) is 26.4. The molecule has 0 aliphatic carbocycles. The molecular weight excluding hydrogens is 478 g/mol. The van der Waals surface area contributed by atoms with Crippen molar-refractivity contribution in [2.24, 2.45) is 0 Å². The summed E-state index contributed by atoms with van der Waals surface area (Å²) >= 11 is 0. The summed E-state index contributed by atoms with van der Waals surface area (Å²) in [4.78, 5) is 62.5. The van der Waals surface area contributed by atoms with Gasteiger partial charge in [-0.25, -0.2) is 4.79 Å². The van der Waals surface area contributed by atoms with Gasteiger partial charge in [-0.3, -0.25) is 24.1 Å². The SMILES string of the molecule is CCOC(=O)Oc1ccc(C(=O)Nc2ccccc2CNC(=O)CN2C(=O)c3ccccc3C2=O)cc1. The third-order valence-corrected chi connectivity index (χ3v) is 5.50. The van der Waals surface area contributed by atoms with E-state index < -0.39 is 36.3 Å². The Morgan fingerprint density at radius 3 is 2.11 bits per heavy atom. The largest absolute Gasteiger partial charge is 0.513 e. The van der Waals surface area contributed by atoms with E-state index in [1.54, 1.807) is 55.5 Å². The smallest absolute Gasteiger partial charge is 0.434 e. The van der Waals surface area contributed by atoms with Gasteiger partial charge in [0.1, 0.15) is 12.3 Å². The average molecular weight is 501 g/mol. The summed E-state index contributed by atoms with van der Waals surface area (Å²) in [7, 11) is 0. The van der Waals surface area contributed by atoms with Crippen molar-refractivity contribution in [3.05, 3.63) is 95.1 Å². The topological polar surface area (TPSA) is 131 Å². The number of amides is 4. The van der Waals surface area contributed by atoms with Crippen molar-refractivity contribution >= 4 is 35.5 Å². The van der Waals surface area contributed by atoms with E-state index in [0.29, 0.717) is 16.8 Å². The summed E-state index contributed by atoms with van der Waals surface area (Å²) in [6.45, 7) is 1.49. The van der Waals surface area contributed by atoms with Crippen molar-refractivity contribution in [1.29, 1.82) is 0 Å². The number of carbonyl (C=O) groups excluding carboxylic acids is 5. The molecule has 188 valence electrons. The van der Waals surface area contributed by atoms with Crippen LogP contribution in [0.3, 0.4) is 0 Å². The van der Waals surface area contributed by atoms with Crippen molar-refractivity contribution in [2.75, 3.05) is 18.5 Å². The maximum Gasteiger partial charge on any atom is 0.513 e. The molecule has 4 amide bonds. The number of para-hydroxylation sites is 1. The molecule has 4 rings (SSSR count). The van der Waals surface area contributed by atoms with Gasteiger partial charge >= 0.3 is 6.16 Å². The maximum absolute atomic E-state index is 12.7. The van der Waals surface area contributed by atoms with E-state index in [0.717, 1.165) is 4.90 Å². The molecule has 10 heteroatoms. The molecule has 3 aromatic carbocycles. The number of anilines is 1. The Bertz CT molecular complexity index is 1330. The molecule has 3 aromatic rings. The van der Waals surface area contributed by atoms with Crippen molar-refractivity contribution in [3.8, 4) is 5.75 Å². The monoisotopic (exact) mass is 501 g/mol. The molecule has 10 nitrogen and oxygen atoms in total. The predicted octanol–water partition coefficient (Wildman–Crippen LogP) is 3.39. The van der Waals surface area contributed by atoms with Crippen LogP contribution in [-0.2, 0) is 16.1 Å². The van der Waals surface area contributed by atoms with Crippen molar-refractivity contribution < 1.29 is 33.4 Å². The molecule has 1 heterocycles. The summed E-state index contributed by atoms with van der Waals surface area (Å²) in [5.74, 6) is -1.72. The summed E-state index contributed by atoms with van der Waals surface area (Å²) in [5, 5.41) is 5.48. The highest BCUT2D eigenvalue weighted by Crippen LogP contribution is 2.22. The average Bonchev–Trinajstić information content (AvgIpc) is 3.13. The Balaban J connectivity index is 1.35. The Kier molecular flexibility index (Phi) is 7.58. The molecule has 0 aromatic heterocycles. The number of nitrogens with zero attached hydrogens (tertiary/aromatic N) is 1. The van der Waals surface area contributed by atoms with Crippen LogP contribution in [0, 0.1) is 0 Å². The number of imide groups is 1. The lowest BCUT2D eigenvalue weighted by molar-refractivity contribution is -0.121. The first-order valence-electron chi connectivity index (χ1n) is 11.4. The molecular formula is C27H23N3O7. The van der Waals surface area contributed by atoms with Gasteiger partial charge in [0, 0.05) is 17.8 Å². The van der Waals surface area contributed by atoms with Gasteiger partial charge in [0.2, 0.25) is 5.91 Å². The number of hydrogen-bond donors (Lipinski definition) is 2. The number of hydrogen-bond acceptors (Lipinski definition) is 7. The van der Waals surface area contributed by atoms with E-state index in [-0.39, 0.29) is 30.0 Å². The van der Waals surface area contributed by atoms with E-state index in [1.165, 1.54) is 24.3 Å². The highest BCUT2D eigenvalue weighted by atomic mass is 16.7. The zero-order valence-corrected chi connectivity index (χ0v) is 19.9. The lowest BCUT2D eigenvalue weighted by atomic mass is 10.1. The molecule has 0 saturated heterocycles. The number of ether oxygens (including phenoxy) is 2. The number of nitrogens with one attached hydrogen (secondary N) is 2. The highest BCUT2D eigenvalue weighted by Gasteiger charge is 2.36. The fraction of sp³-hybridized carbons (Fsp3) is 0.148. The molecule has 0 spiro atoms.